The summed E-state index contributed by atoms with van der Waals surface area (Å²) in [5.41, 5.74) is 1.13. The van der Waals surface area contributed by atoms with Crippen molar-refractivity contribution in [3.8, 4) is 17.2 Å². The van der Waals surface area contributed by atoms with E-state index < -0.39 is 29.7 Å². The van der Waals surface area contributed by atoms with Gasteiger partial charge in [-0.2, -0.15) is 8.78 Å². The van der Waals surface area contributed by atoms with Gasteiger partial charge in [0.25, 0.3) is 0 Å². The minimum atomic E-state index is -1.15. The van der Waals surface area contributed by atoms with E-state index >= 15 is 0 Å². The number of halogens is 3. The van der Waals surface area contributed by atoms with Crippen molar-refractivity contribution in [2.24, 2.45) is 0 Å². The molecule has 148 valence electrons. The average Bonchev–Trinajstić information content (AvgIpc) is 2.72. The molecule has 2 aliphatic heterocycles. The second kappa shape index (κ2) is 7.48. The van der Waals surface area contributed by atoms with Crippen LogP contribution < -0.4 is 9.47 Å². The molecule has 4 nitrogen and oxygen atoms in total. The Bertz CT molecular complexity index is 921. The molecule has 0 bridgehead atoms. The normalized spacial score (nSPS) is 20.7. The molecular formula is C21H19F3O4. The summed E-state index contributed by atoms with van der Waals surface area (Å²) in [6.07, 6.45) is 1.15. The van der Waals surface area contributed by atoms with E-state index in [-0.39, 0.29) is 49.1 Å². The van der Waals surface area contributed by atoms with Crippen LogP contribution in [0.2, 0.25) is 0 Å². The molecule has 0 radical (unpaired) electrons. The van der Waals surface area contributed by atoms with Crippen LogP contribution in [0.4, 0.5) is 13.2 Å². The van der Waals surface area contributed by atoms with Gasteiger partial charge in [0, 0.05) is 23.5 Å². The lowest BCUT2D eigenvalue weighted by Gasteiger charge is -2.29. The first-order valence-electron chi connectivity index (χ1n) is 9.02. The van der Waals surface area contributed by atoms with Crippen molar-refractivity contribution in [3.63, 3.8) is 0 Å². The molecule has 2 aliphatic rings. The maximum Gasteiger partial charge on any atom is 0.207 e. The second-order valence-corrected chi connectivity index (χ2v) is 6.63. The van der Waals surface area contributed by atoms with Crippen molar-refractivity contribution < 1.29 is 32.1 Å². The van der Waals surface area contributed by atoms with Crippen molar-refractivity contribution in [3.05, 3.63) is 65.0 Å². The van der Waals surface area contributed by atoms with Gasteiger partial charge in [-0.1, -0.05) is 12.6 Å². The summed E-state index contributed by atoms with van der Waals surface area (Å²) in [6.45, 7) is 5.93. The van der Waals surface area contributed by atoms with Gasteiger partial charge in [0.1, 0.15) is 0 Å². The predicted octanol–water partition coefficient (Wildman–Crippen LogP) is 4.84. The molecule has 1 fully saturated rings. The first kappa shape index (κ1) is 18.8. The van der Waals surface area contributed by atoms with Crippen LogP contribution in [0.1, 0.15) is 29.5 Å². The minimum Gasteiger partial charge on any atom is -0.491 e. The smallest absolute Gasteiger partial charge is 0.207 e. The topological polar surface area (TPSA) is 36.9 Å². The summed E-state index contributed by atoms with van der Waals surface area (Å²) in [4.78, 5) is 0. The second-order valence-electron chi connectivity index (χ2n) is 6.63. The van der Waals surface area contributed by atoms with Crippen molar-refractivity contribution in [2.75, 3.05) is 19.8 Å². The van der Waals surface area contributed by atoms with Crippen LogP contribution >= 0.6 is 0 Å². The molecule has 0 aromatic heterocycles. The van der Waals surface area contributed by atoms with Crippen LogP contribution in [-0.4, -0.2) is 26.1 Å². The van der Waals surface area contributed by atoms with Gasteiger partial charge >= 0.3 is 0 Å². The monoisotopic (exact) mass is 392 g/mol. The van der Waals surface area contributed by atoms with Crippen molar-refractivity contribution in [1.82, 2.24) is 0 Å². The van der Waals surface area contributed by atoms with Gasteiger partial charge in [-0.3, -0.25) is 0 Å². The highest BCUT2D eigenvalue weighted by atomic mass is 19.2. The van der Waals surface area contributed by atoms with E-state index in [9.17, 15) is 13.2 Å². The lowest BCUT2D eigenvalue weighted by atomic mass is 9.92. The Morgan fingerprint density at radius 3 is 2.46 bits per heavy atom. The van der Waals surface area contributed by atoms with E-state index in [2.05, 4.69) is 6.58 Å². The Hall–Kier alpha value is -2.51. The molecule has 2 aromatic rings. The summed E-state index contributed by atoms with van der Waals surface area (Å²) in [7, 11) is 0. The van der Waals surface area contributed by atoms with Crippen molar-refractivity contribution in [2.45, 2.75) is 25.6 Å². The first-order chi connectivity index (χ1) is 13.5. The molecule has 0 spiro atoms. The van der Waals surface area contributed by atoms with E-state index in [1.165, 1.54) is 18.2 Å². The van der Waals surface area contributed by atoms with Crippen molar-refractivity contribution >= 4 is 0 Å². The maximum absolute atomic E-state index is 14.8. The zero-order valence-corrected chi connectivity index (χ0v) is 15.3. The Balaban J connectivity index is 1.68. The van der Waals surface area contributed by atoms with E-state index in [1.54, 1.807) is 13.0 Å². The quantitative estimate of drug-likeness (QED) is 0.596. The SMILES string of the molecule is C=CC1OCC(c2cc3c(c(F)c2F)Oc2c(ccc(OCC)c2F)C3)CO1. The highest BCUT2D eigenvalue weighted by Crippen LogP contribution is 2.44. The molecule has 0 amide bonds. The Kier molecular flexibility index (Phi) is 5.03. The van der Waals surface area contributed by atoms with E-state index in [0.717, 1.165) is 0 Å². The van der Waals surface area contributed by atoms with Crippen LogP contribution in [0.15, 0.2) is 30.9 Å². The third-order valence-electron chi connectivity index (χ3n) is 4.85. The highest BCUT2D eigenvalue weighted by molar-refractivity contribution is 5.55. The van der Waals surface area contributed by atoms with Gasteiger partial charge < -0.3 is 18.9 Å². The fraction of sp³-hybridized carbons (Fsp3) is 0.333. The number of benzene rings is 2. The summed E-state index contributed by atoms with van der Waals surface area (Å²) in [6, 6.07) is 4.70. The Morgan fingerprint density at radius 1 is 1.07 bits per heavy atom. The average molecular weight is 392 g/mol. The number of rotatable bonds is 4. The zero-order valence-electron chi connectivity index (χ0n) is 15.3. The fourth-order valence-corrected chi connectivity index (χ4v) is 3.46. The predicted molar refractivity (Wildman–Crippen MR) is 95.4 cm³/mol. The summed E-state index contributed by atoms with van der Waals surface area (Å²) >= 11 is 0. The molecule has 2 aromatic carbocycles. The molecular weight excluding hydrogens is 373 g/mol. The molecule has 0 aliphatic carbocycles. The van der Waals surface area contributed by atoms with Gasteiger partial charge in [-0.15, -0.1) is 0 Å². The van der Waals surface area contributed by atoms with Crippen LogP contribution in [0, 0.1) is 17.5 Å². The maximum atomic E-state index is 14.8. The molecule has 1 saturated heterocycles. The molecule has 2 heterocycles. The molecule has 28 heavy (non-hydrogen) atoms. The Labute approximate surface area is 160 Å². The van der Waals surface area contributed by atoms with Crippen LogP contribution in [-0.2, 0) is 15.9 Å². The number of hydrogen-bond donors (Lipinski definition) is 0. The van der Waals surface area contributed by atoms with Crippen LogP contribution in [0.25, 0.3) is 0 Å². The zero-order chi connectivity index (χ0) is 19.8. The fourth-order valence-electron chi connectivity index (χ4n) is 3.46. The molecule has 0 saturated carbocycles. The van der Waals surface area contributed by atoms with Gasteiger partial charge in [0.05, 0.1) is 19.8 Å². The van der Waals surface area contributed by atoms with E-state index in [0.29, 0.717) is 11.1 Å². The number of hydrogen-bond acceptors (Lipinski definition) is 4. The molecule has 0 atom stereocenters. The molecule has 4 rings (SSSR count). The van der Waals surface area contributed by atoms with E-state index in [4.69, 9.17) is 18.9 Å². The Morgan fingerprint density at radius 2 is 1.79 bits per heavy atom. The van der Waals surface area contributed by atoms with Crippen LogP contribution in [0.5, 0.6) is 17.2 Å². The standard InChI is InChI=1S/C21H19F3O4/c1-3-16-26-9-13(10-27-16)14-8-12-7-11-5-6-15(25-4-2)18(23)20(11)28-21(12)19(24)17(14)22/h3,5-6,8,13,16H,1,4,7,9-10H2,2H3. The van der Waals surface area contributed by atoms with Crippen molar-refractivity contribution in [1.29, 1.82) is 0 Å². The summed E-state index contributed by atoms with van der Waals surface area (Å²) in [5, 5.41) is 0. The van der Waals surface area contributed by atoms with Gasteiger partial charge in [0.2, 0.25) is 11.6 Å². The third kappa shape index (κ3) is 3.14. The molecule has 7 heteroatoms. The van der Waals surface area contributed by atoms with E-state index in [1.807, 2.05) is 0 Å². The molecule has 0 N–H and O–H groups in total. The van der Waals surface area contributed by atoms with Gasteiger partial charge in [0.15, 0.2) is 29.4 Å². The van der Waals surface area contributed by atoms with Gasteiger partial charge in [-0.25, -0.2) is 4.39 Å². The molecule has 0 unspecified atom stereocenters. The van der Waals surface area contributed by atoms with Crippen LogP contribution in [0.3, 0.4) is 0 Å². The lowest BCUT2D eigenvalue weighted by Crippen LogP contribution is -2.30. The first-order valence-corrected chi connectivity index (χ1v) is 9.02. The number of fused-ring (bicyclic) bond motifs is 2. The number of ether oxygens (including phenoxy) is 4. The van der Waals surface area contributed by atoms with Gasteiger partial charge in [-0.05, 0) is 30.7 Å². The lowest BCUT2D eigenvalue weighted by molar-refractivity contribution is -0.159. The highest BCUT2D eigenvalue weighted by Gasteiger charge is 2.32. The third-order valence-corrected chi connectivity index (χ3v) is 4.85. The minimum absolute atomic E-state index is 0.00970. The largest absolute Gasteiger partial charge is 0.491 e. The summed E-state index contributed by atoms with van der Waals surface area (Å²) < 4.78 is 65.6. The summed E-state index contributed by atoms with van der Waals surface area (Å²) in [5.74, 6) is -3.81.